The summed E-state index contributed by atoms with van der Waals surface area (Å²) < 4.78 is 5.25. The maximum Gasteiger partial charge on any atom is 0.0574 e. The van der Waals surface area contributed by atoms with E-state index in [-0.39, 0.29) is 5.41 Å². The van der Waals surface area contributed by atoms with Crippen LogP contribution >= 0.6 is 0 Å². The van der Waals surface area contributed by atoms with Crippen LogP contribution < -0.4 is 11.1 Å². The van der Waals surface area contributed by atoms with Gasteiger partial charge in [0.05, 0.1) is 13.2 Å². The Labute approximate surface area is 97.0 Å². The Bertz CT molecular complexity index is 367. The van der Waals surface area contributed by atoms with Gasteiger partial charge in [0.2, 0.25) is 0 Å². The standard InChI is InChI=1S/C13H20N2O/c1-10-4-3-5-12(11(10)2)15-7-13(6-14)8-16-9-13/h3-5,15H,6-9,14H2,1-2H3. The highest BCUT2D eigenvalue weighted by molar-refractivity contribution is 5.53. The van der Waals surface area contributed by atoms with Crippen molar-refractivity contribution in [3.63, 3.8) is 0 Å². The molecule has 1 aromatic rings. The first-order valence-corrected chi connectivity index (χ1v) is 5.75. The van der Waals surface area contributed by atoms with Crippen LogP contribution in [-0.4, -0.2) is 26.3 Å². The minimum Gasteiger partial charge on any atom is -0.384 e. The van der Waals surface area contributed by atoms with Crippen molar-refractivity contribution in [1.82, 2.24) is 0 Å². The summed E-state index contributed by atoms with van der Waals surface area (Å²) in [6.45, 7) is 7.41. The summed E-state index contributed by atoms with van der Waals surface area (Å²) in [7, 11) is 0. The fourth-order valence-corrected chi connectivity index (χ4v) is 1.91. The molecule has 0 radical (unpaired) electrons. The molecule has 0 unspecified atom stereocenters. The molecule has 1 fully saturated rings. The van der Waals surface area contributed by atoms with Crippen LogP contribution in [0.1, 0.15) is 11.1 Å². The summed E-state index contributed by atoms with van der Waals surface area (Å²) in [5, 5.41) is 3.49. The Morgan fingerprint density at radius 3 is 2.69 bits per heavy atom. The third-order valence-corrected chi connectivity index (χ3v) is 3.51. The van der Waals surface area contributed by atoms with Gasteiger partial charge in [0.1, 0.15) is 0 Å². The molecule has 0 aliphatic carbocycles. The van der Waals surface area contributed by atoms with E-state index in [1.807, 2.05) is 0 Å². The fraction of sp³-hybridized carbons (Fsp3) is 0.538. The summed E-state index contributed by atoms with van der Waals surface area (Å²) >= 11 is 0. The van der Waals surface area contributed by atoms with Crippen LogP contribution in [0, 0.1) is 19.3 Å². The normalized spacial score (nSPS) is 17.9. The molecule has 3 heteroatoms. The third-order valence-electron chi connectivity index (χ3n) is 3.51. The number of hydrogen-bond donors (Lipinski definition) is 2. The first-order valence-electron chi connectivity index (χ1n) is 5.75. The monoisotopic (exact) mass is 220 g/mol. The van der Waals surface area contributed by atoms with E-state index in [1.54, 1.807) is 0 Å². The van der Waals surface area contributed by atoms with Gasteiger partial charge in [-0.25, -0.2) is 0 Å². The molecule has 0 amide bonds. The molecule has 16 heavy (non-hydrogen) atoms. The highest BCUT2D eigenvalue weighted by Gasteiger charge is 2.37. The van der Waals surface area contributed by atoms with Crippen molar-refractivity contribution in [3.05, 3.63) is 29.3 Å². The van der Waals surface area contributed by atoms with Crippen LogP contribution in [0.15, 0.2) is 18.2 Å². The average molecular weight is 220 g/mol. The number of rotatable bonds is 4. The number of nitrogens with two attached hydrogens (primary N) is 1. The SMILES string of the molecule is Cc1cccc(NCC2(CN)COC2)c1C. The lowest BCUT2D eigenvalue weighted by Crippen LogP contribution is -2.52. The van der Waals surface area contributed by atoms with E-state index in [0.29, 0.717) is 6.54 Å². The van der Waals surface area contributed by atoms with Gasteiger partial charge < -0.3 is 15.8 Å². The van der Waals surface area contributed by atoms with Gasteiger partial charge in [-0.05, 0) is 31.0 Å². The summed E-state index contributed by atoms with van der Waals surface area (Å²) in [4.78, 5) is 0. The maximum absolute atomic E-state index is 5.78. The Morgan fingerprint density at radius 2 is 2.12 bits per heavy atom. The molecule has 88 valence electrons. The molecule has 1 aromatic carbocycles. The van der Waals surface area contributed by atoms with E-state index >= 15 is 0 Å². The van der Waals surface area contributed by atoms with Crippen molar-refractivity contribution in [2.45, 2.75) is 13.8 Å². The fourth-order valence-electron chi connectivity index (χ4n) is 1.91. The van der Waals surface area contributed by atoms with E-state index in [9.17, 15) is 0 Å². The number of hydrogen-bond acceptors (Lipinski definition) is 3. The lowest BCUT2D eigenvalue weighted by Gasteiger charge is -2.40. The molecule has 0 aromatic heterocycles. The van der Waals surface area contributed by atoms with Crippen LogP contribution in [0.5, 0.6) is 0 Å². The summed E-state index contributed by atoms with van der Waals surface area (Å²) in [5.74, 6) is 0. The third kappa shape index (κ3) is 2.06. The van der Waals surface area contributed by atoms with E-state index in [2.05, 4.69) is 37.4 Å². The Balaban J connectivity index is 2.02. The number of nitrogens with one attached hydrogen (secondary N) is 1. The molecule has 2 rings (SSSR count). The second kappa shape index (κ2) is 4.44. The molecule has 1 heterocycles. The van der Waals surface area contributed by atoms with E-state index in [4.69, 9.17) is 10.5 Å². The van der Waals surface area contributed by atoms with Gasteiger partial charge in [-0.15, -0.1) is 0 Å². The largest absolute Gasteiger partial charge is 0.384 e. The zero-order chi connectivity index (χ0) is 11.6. The maximum atomic E-state index is 5.78. The Kier molecular flexibility index (Phi) is 3.17. The minimum absolute atomic E-state index is 0.149. The molecule has 1 aliphatic heterocycles. The van der Waals surface area contributed by atoms with Gasteiger partial charge in [0.25, 0.3) is 0 Å². The summed E-state index contributed by atoms with van der Waals surface area (Å²) in [5.41, 5.74) is 9.77. The number of ether oxygens (including phenoxy) is 1. The van der Waals surface area contributed by atoms with Crippen LogP contribution in [0.4, 0.5) is 5.69 Å². The van der Waals surface area contributed by atoms with Crippen molar-refractivity contribution in [2.75, 3.05) is 31.6 Å². The van der Waals surface area contributed by atoms with Gasteiger partial charge in [-0.1, -0.05) is 12.1 Å². The molecule has 3 N–H and O–H groups in total. The van der Waals surface area contributed by atoms with Gasteiger partial charge in [-0.3, -0.25) is 0 Å². The molecule has 1 saturated heterocycles. The highest BCUT2D eigenvalue weighted by Crippen LogP contribution is 2.27. The summed E-state index contributed by atoms with van der Waals surface area (Å²) in [6.07, 6.45) is 0. The first kappa shape index (κ1) is 11.4. The molecule has 0 bridgehead atoms. The van der Waals surface area contributed by atoms with E-state index in [0.717, 1.165) is 19.8 Å². The number of aryl methyl sites for hydroxylation is 1. The quantitative estimate of drug-likeness (QED) is 0.811. The van der Waals surface area contributed by atoms with Crippen LogP contribution in [0.2, 0.25) is 0 Å². The van der Waals surface area contributed by atoms with Gasteiger partial charge in [0.15, 0.2) is 0 Å². The van der Waals surface area contributed by atoms with Crippen molar-refractivity contribution < 1.29 is 4.74 Å². The van der Waals surface area contributed by atoms with Gasteiger partial charge >= 0.3 is 0 Å². The van der Waals surface area contributed by atoms with E-state index < -0.39 is 0 Å². The molecule has 3 nitrogen and oxygen atoms in total. The van der Waals surface area contributed by atoms with Crippen molar-refractivity contribution in [2.24, 2.45) is 11.1 Å². The van der Waals surface area contributed by atoms with Crippen LogP contribution in [0.25, 0.3) is 0 Å². The average Bonchev–Trinajstić information content (AvgIpc) is 2.23. The van der Waals surface area contributed by atoms with Gasteiger partial charge in [-0.2, -0.15) is 0 Å². The number of benzene rings is 1. The molecule has 0 atom stereocenters. The highest BCUT2D eigenvalue weighted by atomic mass is 16.5. The minimum atomic E-state index is 0.149. The predicted molar refractivity (Wildman–Crippen MR) is 66.7 cm³/mol. The Morgan fingerprint density at radius 1 is 1.38 bits per heavy atom. The predicted octanol–water partition coefficient (Wildman–Crippen LogP) is 1.69. The van der Waals surface area contributed by atoms with Crippen molar-refractivity contribution in [3.8, 4) is 0 Å². The molecule has 0 saturated carbocycles. The molecule has 0 spiro atoms. The van der Waals surface area contributed by atoms with Gasteiger partial charge in [0, 0.05) is 24.2 Å². The second-order valence-electron chi connectivity index (χ2n) is 4.80. The smallest absolute Gasteiger partial charge is 0.0574 e. The zero-order valence-corrected chi connectivity index (χ0v) is 10.0. The Hall–Kier alpha value is -1.06. The van der Waals surface area contributed by atoms with E-state index in [1.165, 1.54) is 16.8 Å². The zero-order valence-electron chi connectivity index (χ0n) is 10.0. The lowest BCUT2D eigenvalue weighted by molar-refractivity contribution is -0.0979. The first-order chi connectivity index (χ1) is 7.67. The van der Waals surface area contributed by atoms with Crippen molar-refractivity contribution in [1.29, 1.82) is 0 Å². The van der Waals surface area contributed by atoms with Crippen LogP contribution in [-0.2, 0) is 4.74 Å². The van der Waals surface area contributed by atoms with Crippen molar-refractivity contribution >= 4 is 5.69 Å². The summed E-state index contributed by atoms with van der Waals surface area (Å²) in [6, 6.07) is 6.33. The molecule has 1 aliphatic rings. The second-order valence-corrected chi connectivity index (χ2v) is 4.80. The lowest BCUT2D eigenvalue weighted by atomic mass is 9.86. The topological polar surface area (TPSA) is 47.3 Å². The molecular formula is C13H20N2O. The van der Waals surface area contributed by atoms with Crippen LogP contribution in [0.3, 0.4) is 0 Å². The number of anilines is 1. The molecular weight excluding hydrogens is 200 g/mol.